The topological polar surface area (TPSA) is 86.3 Å². The molecule has 1 saturated heterocycles. The van der Waals surface area contributed by atoms with Crippen LogP contribution in [0.3, 0.4) is 0 Å². The van der Waals surface area contributed by atoms with E-state index < -0.39 is 29.7 Å². The van der Waals surface area contributed by atoms with Crippen molar-refractivity contribution in [1.82, 2.24) is 10.2 Å². The molecule has 0 radical (unpaired) electrons. The minimum absolute atomic E-state index is 0.0890. The predicted molar refractivity (Wildman–Crippen MR) is 138 cm³/mol. The van der Waals surface area contributed by atoms with E-state index in [1.165, 1.54) is 26.4 Å². The molecule has 40 heavy (non-hydrogen) atoms. The van der Waals surface area contributed by atoms with Crippen LogP contribution in [0.25, 0.3) is 11.1 Å². The minimum atomic E-state index is -4.45. The van der Waals surface area contributed by atoms with Gasteiger partial charge in [-0.05, 0) is 53.4 Å². The molecule has 5 rings (SSSR count). The van der Waals surface area contributed by atoms with E-state index >= 15 is 0 Å². The van der Waals surface area contributed by atoms with E-state index in [0.717, 1.165) is 17.7 Å². The number of esters is 1. The third-order valence-electron chi connectivity index (χ3n) is 7.01. The standard InChI is InChI=1S/C29H27F3N2O6/c1-37-24-11-17(12-25-26(24)40-16-39-25)14-34-15-20(13-23(34)28(36)38-2)33-27(35)22-6-4-3-5-21(22)18-7-9-19(10-8-18)29(30,31)32/h3-12,20,23H,13-16H2,1-2H3,(H,33,35)/t20-,23-/m0/s1. The predicted octanol–water partition coefficient (Wildman–Crippen LogP) is 4.66. The molecule has 3 aromatic rings. The fourth-order valence-electron chi connectivity index (χ4n) is 5.11. The lowest BCUT2D eigenvalue weighted by Crippen LogP contribution is -2.37. The van der Waals surface area contributed by atoms with E-state index in [0.29, 0.717) is 53.4 Å². The fraction of sp³-hybridized carbons (Fsp3) is 0.310. The van der Waals surface area contributed by atoms with Gasteiger partial charge in [-0.2, -0.15) is 13.2 Å². The minimum Gasteiger partial charge on any atom is -0.493 e. The molecule has 11 heteroatoms. The van der Waals surface area contributed by atoms with Crippen molar-refractivity contribution in [3.8, 4) is 28.4 Å². The van der Waals surface area contributed by atoms with E-state index in [1.807, 2.05) is 17.0 Å². The summed E-state index contributed by atoms with van der Waals surface area (Å²) in [5, 5.41) is 2.99. The number of carbonyl (C=O) groups excluding carboxylic acids is 2. The first-order valence-electron chi connectivity index (χ1n) is 12.5. The summed E-state index contributed by atoms with van der Waals surface area (Å²) in [6, 6.07) is 14.0. The largest absolute Gasteiger partial charge is 0.493 e. The summed E-state index contributed by atoms with van der Waals surface area (Å²) >= 11 is 0. The summed E-state index contributed by atoms with van der Waals surface area (Å²) in [4.78, 5) is 27.9. The molecule has 1 N–H and O–H groups in total. The number of carbonyl (C=O) groups is 2. The zero-order chi connectivity index (χ0) is 28.4. The van der Waals surface area contributed by atoms with Gasteiger partial charge in [-0.25, -0.2) is 0 Å². The van der Waals surface area contributed by atoms with Crippen LogP contribution in [0.2, 0.25) is 0 Å². The zero-order valence-electron chi connectivity index (χ0n) is 21.8. The van der Waals surface area contributed by atoms with Crippen molar-refractivity contribution in [3.05, 3.63) is 77.4 Å². The van der Waals surface area contributed by atoms with Crippen LogP contribution >= 0.6 is 0 Å². The molecule has 2 heterocycles. The Morgan fingerprint density at radius 3 is 2.50 bits per heavy atom. The SMILES string of the molecule is COC(=O)[C@@H]1C[C@H](NC(=O)c2ccccc2-c2ccc(C(F)(F)F)cc2)CN1Cc1cc(OC)c2c(c1)OCO2. The number of methoxy groups -OCH3 is 2. The number of amides is 1. The van der Waals surface area contributed by atoms with Crippen LogP contribution in [0.4, 0.5) is 13.2 Å². The van der Waals surface area contributed by atoms with Gasteiger partial charge in [-0.15, -0.1) is 0 Å². The number of fused-ring (bicyclic) bond motifs is 1. The maximum absolute atomic E-state index is 13.4. The van der Waals surface area contributed by atoms with E-state index in [4.69, 9.17) is 18.9 Å². The highest BCUT2D eigenvalue weighted by Gasteiger charge is 2.39. The highest BCUT2D eigenvalue weighted by Crippen LogP contribution is 2.42. The lowest BCUT2D eigenvalue weighted by atomic mass is 9.98. The molecule has 2 aliphatic rings. The average molecular weight is 557 g/mol. The molecule has 0 spiro atoms. The summed E-state index contributed by atoms with van der Waals surface area (Å²) in [5.41, 5.74) is 1.36. The van der Waals surface area contributed by atoms with E-state index in [9.17, 15) is 22.8 Å². The second-order valence-corrected chi connectivity index (χ2v) is 9.53. The van der Waals surface area contributed by atoms with Crippen LogP contribution in [-0.4, -0.2) is 56.4 Å². The Morgan fingerprint density at radius 1 is 1.05 bits per heavy atom. The molecule has 0 saturated carbocycles. The Morgan fingerprint density at radius 2 is 1.80 bits per heavy atom. The lowest BCUT2D eigenvalue weighted by Gasteiger charge is -2.22. The van der Waals surface area contributed by atoms with Crippen LogP contribution in [-0.2, 0) is 22.3 Å². The Labute approximate surface area is 228 Å². The summed E-state index contributed by atoms with van der Waals surface area (Å²) in [6.07, 6.45) is -4.13. The molecule has 0 aromatic heterocycles. The number of likely N-dealkylation sites (tertiary alicyclic amines) is 1. The molecule has 3 aromatic carbocycles. The number of benzene rings is 3. The van der Waals surface area contributed by atoms with Crippen LogP contribution in [0.1, 0.15) is 27.9 Å². The van der Waals surface area contributed by atoms with Gasteiger partial charge in [0.2, 0.25) is 12.5 Å². The smallest absolute Gasteiger partial charge is 0.416 e. The van der Waals surface area contributed by atoms with Crippen molar-refractivity contribution in [2.75, 3.05) is 27.6 Å². The van der Waals surface area contributed by atoms with Gasteiger partial charge in [0.15, 0.2) is 11.5 Å². The molecule has 1 amide bonds. The highest BCUT2D eigenvalue weighted by molar-refractivity contribution is 6.01. The molecular weight excluding hydrogens is 529 g/mol. The first kappa shape index (κ1) is 27.3. The van der Waals surface area contributed by atoms with Crippen LogP contribution in [0, 0.1) is 0 Å². The maximum Gasteiger partial charge on any atom is 0.416 e. The second-order valence-electron chi connectivity index (χ2n) is 9.53. The Hall–Kier alpha value is -4.25. The number of hydrogen-bond donors (Lipinski definition) is 1. The van der Waals surface area contributed by atoms with E-state index in [-0.39, 0.29) is 12.8 Å². The molecule has 0 aliphatic carbocycles. The highest BCUT2D eigenvalue weighted by atomic mass is 19.4. The third kappa shape index (κ3) is 5.55. The van der Waals surface area contributed by atoms with Crippen LogP contribution in [0.15, 0.2) is 60.7 Å². The number of halogens is 3. The van der Waals surface area contributed by atoms with E-state index in [2.05, 4.69) is 5.32 Å². The molecule has 0 bridgehead atoms. The number of rotatable bonds is 7. The molecule has 2 aliphatic heterocycles. The van der Waals surface area contributed by atoms with Gasteiger partial charge in [0.1, 0.15) is 6.04 Å². The van der Waals surface area contributed by atoms with Crippen LogP contribution in [0.5, 0.6) is 17.2 Å². The van der Waals surface area contributed by atoms with Crippen molar-refractivity contribution in [2.24, 2.45) is 0 Å². The van der Waals surface area contributed by atoms with Crippen molar-refractivity contribution >= 4 is 11.9 Å². The van der Waals surface area contributed by atoms with Gasteiger partial charge in [-0.3, -0.25) is 14.5 Å². The van der Waals surface area contributed by atoms with Crippen molar-refractivity contribution in [3.63, 3.8) is 0 Å². The first-order chi connectivity index (χ1) is 19.2. The number of ether oxygens (including phenoxy) is 4. The van der Waals surface area contributed by atoms with Gasteiger partial charge in [-0.1, -0.05) is 30.3 Å². The van der Waals surface area contributed by atoms with Gasteiger partial charge in [0, 0.05) is 24.7 Å². The van der Waals surface area contributed by atoms with Crippen molar-refractivity contribution < 1.29 is 41.7 Å². The van der Waals surface area contributed by atoms with Gasteiger partial charge < -0.3 is 24.3 Å². The summed E-state index contributed by atoms with van der Waals surface area (Å²) in [5.74, 6) is 0.774. The quantitative estimate of drug-likeness (QED) is 0.424. The second kappa shape index (κ2) is 11.1. The Kier molecular flexibility index (Phi) is 7.57. The summed E-state index contributed by atoms with van der Waals surface area (Å²) < 4.78 is 60.5. The monoisotopic (exact) mass is 556 g/mol. The molecule has 1 fully saturated rings. The summed E-state index contributed by atoms with van der Waals surface area (Å²) in [6.45, 7) is 0.817. The number of nitrogens with zero attached hydrogens (tertiary/aromatic N) is 1. The Balaban J connectivity index is 1.34. The number of alkyl halides is 3. The third-order valence-corrected chi connectivity index (χ3v) is 7.01. The van der Waals surface area contributed by atoms with Crippen LogP contribution < -0.4 is 19.5 Å². The lowest BCUT2D eigenvalue weighted by molar-refractivity contribution is -0.146. The molecule has 0 unspecified atom stereocenters. The molecule has 210 valence electrons. The zero-order valence-corrected chi connectivity index (χ0v) is 21.8. The Bertz CT molecular complexity index is 1410. The molecule has 2 atom stereocenters. The van der Waals surface area contributed by atoms with E-state index in [1.54, 1.807) is 24.3 Å². The molecular formula is C29H27F3N2O6. The fourth-order valence-corrected chi connectivity index (χ4v) is 5.11. The maximum atomic E-state index is 13.4. The van der Waals surface area contributed by atoms with Crippen molar-refractivity contribution in [2.45, 2.75) is 31.2 Å². The first-order valence-corrected chi connectivity index (χ1v) is 12.5. The summed E-state index contributed by atoms with van der Waals surface area (Å²) in [7, 11) is 2.85. The normalized spacial score (nSPS) is 18.4. The van der Waals surface area contributed by atoms with Gasteiger partial charge in [0.25, 0.3) is 5.91 Å². The number of nitrogens with one attached hydrogen (secondary N) is 1. The number of hydrogen-bond acceptors (Lipinski definition) is 7. The average Bonchev–Trinajstić information content (AvgIpc) is 3.58. The molecule has 8 nitrogen and oxygen atoms in total. The van der Waals surface area contributed by atoms with Gasteiger partial charge >= 0.3 is 12.1 Å². The van der Waals surface area contributed by atoms with Crippen molar-refractivity contribution in [1.29, 1.82) is 0 Å². The van der Waals surface area contributed by atoms with Gasteiger partial charge in [0.05, 0.1) is 19.8 Å².